The van der Waals surface area contributed by atoms with Gasteiger partial charge in [0, 0.05) is 16.0 Å². The van der Waals surface area contributed by atoms with Gasteiger partial charge in [0.15, 0.2) is 0 Å². The Kier molecular flexibility index (Phi) is 5.26. The summed E-state index contributed by atoms with van der Waals surface area (Å²) in [6.45, 7) is 2.02. The molecule has 0 aliphatic heterocycles. The van der Waals surface area contributed by atoms with Crippen LogP contribution in [0, 0.1) is 11.3 Å². The van der Waals surface area contributed by atoms with Crippen molar-refractivity contribution in [1.82, 2.24) is 4.98 Å². The summed E-state index contributed by atoms with van der Waals surface area (Å²) in [6, 6.07) is 10.9. The quantitative estimate of drug-likeness (QED) is 0.843. The van der Waals surface area contributed by atoms with Gasteiger partial charge in [-0.1, -0.05) is 24.8 Å². The molecule has 0 amide bonds. The van der Waals surface area contributed by atoms with Gasteiger partial charge in [-0.05, 0) is 30.0 Å². The average molecular weight is 316 g/mol. The van der Waals surface area contributed by atoms with E-state index >= 15 is 0 Å². The van der Waals surface area contributed by atoms with Crippen LogP contribution in [-0.4, -0.2) is 21.8 Å². The van der Waals surface area contributed by atoms with Crippen molar-refractivity contribution in [3.63, 3.8) is 0 Å². The molecule has 0 unspecified atom stereocenters. The average Bonchev–Trinajstić information content (AvgIpc) is 2.48. The molecule has 0 aliphatic carbocycles. The number of hydrogen-bond donors (Lipinski definition) is 1. The van der Waals surface area contributed by atoms with Gasteiger partial charge >= 0.3 is 5.97 Å². The van der Waals surface area contributed by atoms with Crippen LogP contribution in [0.4, 0.5) is 0 Å². The van der Waals surface area contributed by atoms with E-state index in [-0.39, 0.29) is 5.56 Å². The lowest BCUT2D eigenvalue weighted by atomic mass is 10.2. The fourth-order valence-electron chi connectivity index (χ4n) is 1.72. The van der Waals surface area contributed by atoms with E-state index in [2.05, 4.69) is 11.1 Å². The smallest absolute Gasteiger partial charge is 0.338 e. The predicted octanol–water partition coefficient (Wildman–Crippen LogP) is 3.91. The first kappa shape index (κ1) is 15.4. The molecular formula is C15H12N2O2S2. The van der Waals surface area contributed by atoms with Crippen molar-refractivity contribution >= 4 is 29.5 Å². The summed E-state index contributed by atoms with van der Waals surface area (Å²) in [5.74, 6) is -0.157. The summed E-state index contributed by atoms with van der Waals surface area (Å²) in [6.07, 6.45) is 1.55. The van der Waals surface area contributed by atoms with Gasteiger partial charge in [-0.3, -0.25) is 0 Å². The third kappa shape index (κ3) is 3.57. The Morgan fingerprint density at radius 2 is 2.10 bits per heavy atom. The van der Waals surface area contributed by atoms with Crippen molar-refractivity contribution < 1.29 is 9.90 Å². The molecule has 0 atom stereocenters. The van der Waals surface area contributed by atoms with Gasteiger partial charge in [0.05, 0.1) is 11.1 Å². The lowest BCUT2D eigenvalue weighted by molar-refractivity contribution is 0.0692. The molecule has 4 nitrogen and oxygen atoms in total. The van der Waals surface area contributed by atoms with Crippen molar-refractivity contribution in [2.75, 3.05) is 5.75 Å². The van der Waals surface area contributed by atoms with E-state index in [1.54, 1.807) is 24.0 Å². The molecule has 0 saturated carbocycles. The van der Waals surface area contributed by atoms with E-state index in [0.717, 1.165) is 15.5 Å². The Labute approximate surface area is 131 Å². The number of carboxylic acids is 1. The molecule has 21 heavy (non-hydrogen) atoms. The fourth-order valence-corrected chi connectivity index (χ4v) is 3.56. The second-order valence-corrected chi connectivity index (χ2v) is 6.27. The van der Waals surface area contributed by atoms with Gasteiger partial charge in [0.25, 0.3) is 0 Å². The minimum Gasteiger partial charge on any atom is -0.478 e. The van der Waals surface area contributed by atoms with Gasteiger partial charge < -0.3 is 5.11 Å². The second-order valence-electron chi connectivity index (χ2n) is 3.94. The van der Waals surface area contributed by atoms with Crippen molar-refractivity contribution in [3.8, 4) is 6.07 Å². The largest absolute Gasteiger partial charge is 0.478 e. The summed E-state index contributed by atoms with van der Waals surface area (Å²) in [5, 5.41) is 18.9. The van der Waals surface area contributed by atoms with Crippen molar-refractivity contribution in [3.05, 3.63) is 47.7 Å². The highest BCUT2D eigenvalue weighted by molar-refractivity contribution is 8.00. The first-order valence-electron chi connectivity index (χ1n) is 6.19. The number of carbonyl (C=O) groups is 1. The molecule has 1 N–H and O–H groups in total. The monoisotopic (exact) mass is 316 g/mol. The number of rotatable bonds is 5. The number of carboxylic acid groups (broad SMARTS) is 1. The molecule has 0 radical (unpaired) electrons. The van der Waals surface area contributed by atoms with Crippen LogP contribution >= 0.6 is 23.5 Å². The molecule has 106 valence electrons. The molecule has 0 spiro atoms. The summed E-state index contributed by atoms with van der Waals surface area (Å²) >= 11 is 2.80. The van der Waals surface area contributed by atoms with Crippen LogP contribution < -0.4 is 0 Å². The zero-order valence-corrected chi connectivity index (χ0v) is 12.9. The SMILES string of the molecule is CCSc1cccc(Sc2ncccc2C(=O)O)c1C#N. The Balaban J connectivity index is 2.43. The van der Waals surface area contributed by atoms with Crippen LogP contribution in [-0.2, 0) is 0 Å². The maximum absolute atomic E-state index is 11.2. The zero-order valence-electron chi connectivity index (χ0n) is 11.2. The van der Waals surface area contributed by atoms with Gasteiger partial charge in [-0.25, -0.2) is 9.78 Å². The van der Waals surface area contributed by atoms with Gasteiger partial charge in [0.2, 0.25) is 0 Å². The third-order valence-corrected chi connectivity index (χ3v) is 4.63. The molecule has 0 fully saturated rings. The molecule has 2 aromatic rings. The van der Waals surface area contributed by atoms with E-state index in [0.29, 0.717) is 10.6 Å². The molecule has 2 rings (SSSR count). The molecule has 0 bridgehead atoms. The second kappa shape index (κ2) is 7.16. The Hall–Kier alpha value is -1.97. The zero-order chi connectivity index (χ0) is 15.2. The van der Waals surface area contributed by atoms with Crippen LogP contribution in [0.2, 0.25) is 0 Å². The van der Waals surface area contributed by atoms with Crippen LogP contribution in [0.1, 0.15) is 22.8 Å². The van der Waals surface area contributed by atoms with Gasteiger partial charge in [-0.2, -0.15) is 5.26 Å². The fraction of sp³-hybridized carbons (Fsp3) is 0.133. The molecule has 0 saturated heterocycles. The maximum atomic E-state index is 11.2. The van der Waals surface area contributed by atoms with Crippen LogP contribution in [0.3, 0.4) is 0 Å². The summed E-state index contributed by atoms with van der Waals surface area (Å²) in [5.41, 5.74) is 0.705. The minimum atomic E-state index is -1.02. The molecule has 1 heterocycles. The van der Waals surface area contributed by atoms with Crippen LogP contribution in [0.5, 0.6) is 0 Å². The van der Waals surface area contributed by atoms with Gasteiger partial charge in [0.1, 0.15) is 11.1 Å². The Morgan fingerprint density at radius 3 is 2.76 bits per heavy atom. The van der Waals surface area contributed by atoms with Crippen molar-refractivity contribution in [2.24, 2.45) is 0 Å². The molecular weight excluding hydrogens is 304 g/mol. The number of nitriles is 1. The van der Waals surface area contributed by atoms with E-state index in [1.807, 2.05) is 25.1 Å². The van der Waals surface area contributed by atoms with Crippen LogP contribution in [0.25, 0.3) is 0 Å². The minimum absolute atomic E-state index is 0.139. The molecule has 1 aromatic heterocycles. The molecule has 0 aliphatic rings. The maximum Gasteiger partial charge on any atom is 0.338 e. The highest BCUT2D eigenvalue weighted by atomic mass is 32.2. The number of nitrogens with zero attached hydrogens (tertiary/aromatic N) is 2. The number of pyridine rings is 1. The standard InChI is InChI=1S/C15H12N2O2S2/c1-2-20-12-6-3-7-13(11(12)9-16)21-14-10(15(18)19)5-4-8-17-14/h3-8H,2H2,1H3,(H,18,19). The Morgan fingerprint density at radius 1 is 1.33 bits per heavy atom. The highest BCUT2D eigenvalue weighted by Gasteiger charge is 2.15. The third-order valence-electron chi connectivity index (χ3n) is 2.61. The van der Waals surface area contributed by atoms with E-state index < -0.39 is 5.97 Å². The van der Waals surface area contributed by atoms with E-state index in [9.17, 15) is 15.2 Å². The number of thioether (sulfide) groups is 1. The lowest BCUT2D eigenvalue weighted by Crippen LogP contribution is -2.00. The Bertz CT molecular complexity index is 711. The number of benzene rings is 1. The summed E-state index contributed by atoms with van der Waals surface area (Å²) < 4.78 is 0. The van der Waals surface area contributed by atoms with Gasteiger partial charge in [-0.15, -0.1) is 11.8 Å². The van der Waals surface area contributed by atoms with Crippen LogP contribution in [0.15, 0.2) is 51.3 Å². The lowest BCUT2D eigenvalue weighted by Gasteiger charge is -2.09. The topological polar surface area (TPSA) is 74.0 Å². The predicted molar refractivity (Wildman–Crippen MR) is 82.9 cm³/mol. The normalized spacial score (nSPS) is 10.1. The molecule has 1 aromatic carbocycles. The summed E-state index contributed by atoms with van der Waals surface area (Å²) in [4.78, 5) is 16.9. The summed E-state index contributed by atoms with van der Waals surface area (Å²) in [7, 11) is 0. The van der Waals surface area contributed by atoms with E-state index in [4.69, 9.17) is 0 Å². The number of aromatic nitrogens is 1. The number of hydrogen-bond acceptors (Lipinski definition) is 5. The van der Waals surface area contributed by atoms with E-state index in [1.165, 1.54) is 17.8 Å². The number of aromatic carboxylic acids is 1. The first-order chi connectivity index (χ1) is 10.2. The highest BCUT2D eigenvalue weighted by Crippen LogP contribution is 2.35. The first-order valence-corrected chi connectivity index (χ1v) is 7.99. The molecule has 6 heteroatoms. The van der Waals surface area contributed by atoms with Crippen molar-refractivity contribution in [2.45, 2.75) is 21.7 Å². The van der Waals surface area contributed by atoms with Crippen molar-refractivity contribution in [1.29, 1.82) is 5.26 Å².